The van der Waals surface area contributed by atoms with Gasteiger partial charge in [0.2, 0.25) is 0 Å². The Hall–Kier alpha value is -3.28. The number of H-pyrrole nitrogens is 2. The van der Waals surface area contributed by atoms with E-state index in [4.69, 9.17) is 10.5 Å². The Morgan fingerprint density at radius 1 is 1.09 bits per heavy atom. The molecule has 0 radical (unpaired) electrons. The molecule has 0 saturated carbocycles. The molecular formula is C17H14N4O2. The normalized spacial score (nSPS) is 11.2. The van der Waals surface area contributed by atoms with Gasteiger partial charge in [-0.1, -0.05) is 12.1 Å². The molecule has 0 aliphatic carbocycles. The summed E-state index contributed by atoms with van der Waals surface area (Å²) in [6.07, 6.45) is 0. The van der Waals surface area contributed by atoms with Gasteiger partial charge in [0, 0.05) is 11.5 Å². The van der Waals surface area contributed by atoms with E-state index in [1.165, 1.54) is 0 Å². The van der Waals surface area contributed by atoms with Crippen LogP contribution in [0.25, 0.3) is 33.3 Å². The van der Waals surface area contributed by atoms with Gasteiger partial charge in [-0.05, 0) is 24.3 Å². The summed E-state index contributed by atoms with van der Waals surface area (Å²) in [6.45, 7) is 0. The fourth-order valence-corrected chi connectivity index (χ4v) is 2.71. The van der Waals surface area contributed by atoms with Gasteiger partial charge in [0.15, 0.2) is 5.69 Å². The van der Waals surface area contributed by atoms with Crippen LogP contribution in [0, 0.1) is 0 Å². The smallest absolute Gasteiger partial charge is 0.276 e. The summed E-state index contributed by atoms with van der Waals surface area (Å²) in [5.74, 6) is 0.714. The number of methoxy groups -OCH3 is 1. The Morgan fingerprint density at radius 3 is 2.74 bits per heavy atom. The third-order valence-corrected chi connectivity index (χ3v) is 3.88. The first-order chi connectivity index (χ1) is 11.2. The summed E-state index contributed by atoms with van der Waals surface area (Å²) in [5, 5.41) is 0.829. The number of rotatable bonds is 2. The van der Waals surface area contributed by atoms with Crippen molar-refractivity contribution in [1.29, 1.82) is 0 Å². The van der Waals surface area contributed by atoms with Gasteiger partial charge in [0.05, 0.1) is 35.0 Å². The molecule has 2 heterocycles. The Balaban J connectivity index is 2.00. The molecule has 4 aromatic rings. The molecular weight excluding hydrogens is 292 g/mol. The molecule has 6 nitrogen and oxygen atoms in total. The van der Waals surface area contributed by atoms with Crippen molar-refractivity contribution in [2.75, 3.05) is 12.8 Å². The Labute approximate surface area is 130 Å². The summed E-state index contributed by atoms with van der Waals surface area (Å²) >= 11 is 0. The molecule has 4 N–H and O–H groups in total. The molecule has 0 bridgehead atoms. The van der Waals surface area contributed by atoms with E-state index in [2.05, 4.69) is 15.0 Å². The number of ether oxygens (including phenoxy) is 1. The van der Waals surface area contributed by atoms with Crippen molar-refractivity contribution in [2.24, 2.45) is 0 Å². The van der Waals surface area contributed by atoms with Crippen molar-refractivity contribution < 1.29 is 4.74 Å². The molecule has 2 aromatic heterocycles. The molecule has 0 aliphatic heterocycles. The molecule has 6 heteroatoms. The molecule has 0 aliphatic rings. The van der Waals surface area contributed by atoms with Crippen LogP contribution in [0.4, 0.5) is 5.69 Å². The van der Waals surface area contributed by atoms with Crippen LogP contribution in [0.15, 0.2) is 47.3 Å². The second kappa shape index (κ2) is 4.88. The summed E-state index contributed by atoms with van der Waals surface area (Å²) in [5.41, 5.74) is 9.41. The van der Waals surface area contributed by atoms with Crippen LogP contribution in [0.1, 0.15) is 0 Å². The van der Waals surface area contributed by atoms with Gasteiger partial charge in [-0.2, -0.15) is 0 Å². The fourth-order valence-electron chi connectivity index (χ4n) is 2.71. The zero-order valence-corrected chi connectivity index (χ0v) is 12.4. The largest absolute Gasteiger partial charge is 0.497 e. The highest BCUT2D eigenvalue weighted by Crippen LogP contribution is 2.32. The Bertz CT molecular complexity index is 1090. The van der Waals surface area contributed by atoms with E-state index in [0.717, 1.165) is 10.9 Å². The van der Waals surface area contributed by atoms with Crippen LogP contribution in [0.5, 0.6) is 5.75 Å². The number of aromatic nitrogens is 3. The van der Waals surface area contributed by atoms with Crippen LogP contribution >= 0.6 is 0 Å². The average Bonchev–Trinajstić information content (AvgIpc) is 2.90. The second-order valence-electron chi connectivity index (χ2n) is 5.26. The van der Waals surface area contributed by atoms with Crippen molar-refractivity contribution in [3.63, 3.8) is 0 Å². The molecule has 0 unspecified atom stereocenters. The molecule has 0 amide bonds. The SMILES string of the molecule is COc1ccc2c(N)c(-c3nc4ccccc4[nH]c3=O)[nH]c2c1. The van der Waals surface area contributed by atoms with Crippen LogP contribution in [-0.2, 0) is 0 Å². The first-order valence-electron chi connectivity index (χ1n) is 7.12. The van der Waals surface area contributed by atoms with Crippen molar-refractivity contribution >= 4 is 27.6 Å². The van der Waals surface area contributed by atoms with Crippen molar-refractivity contribution in [2.45, 2.75) is 0 Å². The maximum atomic E-state index is 12.4. The van der Waals surface area contributed by atoms with Gasteiger partial charge in [-0.3, -0.25) is 4.79 Å². The van der Waals surface area contributed by atoms with Crippen LogP contribution in [0.3, 0.4) is 0 Å². The van der Waals surface area contributed by atoms with Gasteiger partial charge in [-0.25, -0.2) is 4.98 Å². The summed E-state index contributed by atoms with van der Waals surface area (Å²) < 4.78 is 5.21. The third-order valence-electron chi connectivity index (χ3n) is 3.88. The zero-order chi connectivity index (χ0) is 16.0. The minimum Gasteiger partial charge on any atom is -0.497 e. The molecule has 0 fully saturated rings. The number of hydrogen-bond acceptors (Lipinski definition) is 4. The van der Waals surface area contributed by atoms with E-state index >= 15 is 0 Å². The maximum absolute atomic E-state index is 12.4. The first kappa shape index (κ1) is 13.4. The lowest BCUT2D eigenvalue weighted by molar-refractivity contribution is 0.415. The van der Waals surface area contributed by atoms with E-state index < -0.39 is 0 Å². The maximum Gasteiger partial charge on any atom is 0.276 e. The molecule has 4 rings (SSSR count). The number of nitrogens with one attached hydrogen (secondary N) is 2. The molecule has 2 aromatic carbocycles. The number of aromatic amines is 2. The predicted octanol–water partition coefficient (Wildman–Crippen LogP) is 2.66. The zero-order valence-electron chi connectivity index (χ0n) is 12.4. The topological polar surface area (TPSA) is 96.8 Å². The number of benzene rings is 2. The monoisotopic (exact) mass is 306 g/mol. The van der Waals surface area contributed by atoms with E-state index in [9.17, 15) is 4.79 Å². The number of nitrogens with zero attached hydrogens (tertiary/aromatic N) is 1. The lowest BCUT2D eigenvalue weighted by atomic mass is 10.2. The standard InChI is InChI=1S/C17H14N4O2/c1-23-9-6-7-10-13(8-9)20-15(14(10)18)16-17(22)21-12-5-3-2-4-11(12)19-16/h2-8,20H,18H2,1H3,(H,21,22). The molecule has 0 saturated heterocycles. The first-order valence-corrected chi connectivity index (χ1v) is 7.12. The summed E-state index contributed by atoms with van der Waals surface area (Å²) in [4.78, 5) is 22.8. The van der Waals surface area contributed by atoms with Crippen LogP contribution in [0.2, 0.25) is 0 Å². The van der Waals surface area contributed by atoms with Gasteiger partial charge in [0.25, 0.3) is 5.56 Å². The van der Waals surface area contributed by atoms with Gasteiger partial charge in [0.1, 0.15) is 5.75 Å². The number of nitrogen functional groups attached to an aromatic ring is 1. The Kier molecular flexibility index (Phi) is 2.84. The lowest BCUT2D eigenvalue weighted by Gasteiger charge is -2.02. The van der Waals surface area contributed by atoms with E-state index in [1.807, 2.05) is 42.5 Å². The highest BCUT2D eigenvalue weighted by atomic mass is 16.5. The van der Waals surface area contributed by atoms with Gasteiger partial charge >= 0.3 is 0 Å². The summed E-state index contributed by atoms with van der Waals surface area (Å²) in [6, 6.07) is 12.9. The van der Waals surface area contributed by atoms with Crippen LogP contribution < -0.4 is 16.0 Å². The number of anilines is 1. The van der Waals surface area contributed by atoms with E-state index in [0.29, 0.717) is 28.2 Å². The number of hydrogen-bond donors (Lipinski definition) is 3. The highest BCUT2D eigenvalue weighted by molar-refractivity contribution is 6.00. The minimum absolute atomic E-state index is 0.274. The quantitative estimate of drug-likeness (QED) is 0.530. The van der Waals surface area contributed by atoms with E-state index in [-0.39, 0.29) is 11.3 Å². The lowest BCUT2D eigenvalue weighted by Crippen LogP contribution is -2.12. The number of nitrogens with two attached hydrogens (primary N) is 1. The Morgan fingerprint density at radius 2 is 1.91 bits per heavy atom. The third kappa shape index (κ3) is 2.03. The summed E-state index contributed by atoms with van der Waals surface area (Å²) in [7, 11) is 1.60. The van der Waals surface area contributed by atoms with Gasteiger partial charge < -0.3 is 20.4 Å². The number of para-hydroxylation sites is 2. The number of fused-ring (bicyclic) bond motifs is 2. The molecule has 114 valence electrons. The van der Waals surface area contributed by atoms with E-state index in [1.54, 1.807) is 7.11 Å². The minimum atomic E-state index is -0.283. The highest BCUT2D eigenvalue weighted by Gasteiger charge is 2.16. The fraction of sp³-hybridized carbons (Fsp3) is 0.0588. The molecule has 0 spiro atoms. The molecule has 23 heavy (non-hydrogen) atoms. The second-order valence-corrected chi connectivity index (χ2v) is 5.26. The molecule has 0 atom stereocenters. The van der Waals surface area contributed by atoms with Crippen molar-refractivity contribution in [3.05, 3.63) is 52.8 Å². The van der Waals surface area contributed by atoms with Crippen molar-refractivity contribution in [1.82, 2.24) is 15.0 Å². The average molecular weight is 306 g/mol. The predicted molar refractivity (Wildman–Crippen MR) is 90.6 cm³/mol. The van der Waals surface area contributed by atoms with Gasteiger partial charge in [-0.15, -0.1) is 0 Å². The van der Waals surface area contributed by atoms with Crippen LogP contribution in [-0.4, -0.2) is 22.1 Å². The van der Waals surface area contributed by atoms with Crippen molar-refractivity contribution in [3.8, 4) is 17.1 Å².